The van der Waals surface area contributed by atoms with Gasteiger partial charge < -0.3 is 15.4 Å². The molecule has 0 aliphatic heterocycles. The number of carbonyl (C=O) groups excluding carboxylic acids is 1. The highest BCUT2D eigenvalue weighted by Gasteiger charge is 2.13. The number of hydrogen-bond acceptors (Lipinski definition) is 6. The Morgan fingerprint density at radius 2 is 1.93 bits per heavy atom. The summed E-state index contributed by atoms with van der Waals surface area (Å²) in [6.45, 7) is 6.61. The van der Waals surface area contributed by atoms with Crippen molar-refractivity contribution in [3.8, 4) is 11.6 Å². The molecule has 0 saturated heterocycles. The first-order chi connectivity index (χ1) is 13.5. The lowest BCUT2D eigenvalue weighted by Crippen LogP contribution is -2.38. The lowest BCUT2D eigenvalue weighted by Gasteiger charge is -2.15. The highest BCUT2D eigenvalue weighted by atomic mass is 16.5. The van der Waals surface area contributed by atoms with E-state index in [1.54, 1.807) is 11.6 Å². The normalized spacial score (nSPS) is 11.7. The molecule has 1 amide bonds. The van der Waals surface area contributed by atoms with Crippen LogP contribution in [0.5, 0.6) is 5.75 Å². The molecule has 0 aliphatic rings. The fourth-order valence-electron chi connectivity index (χ4n) is 2.70. The summed E-state index contributed by atoms with van der Waals surface area (Å²) in [4.78, 5) is 20.6. The number of nitrogens with one attached hydrogen (secondary N) is 2. The van der Waals surface area contributed by atoms with Gasteiger partial charge in [0.1, 0.15) is 17.9 Å². The third-order valence-electron chi connectivity index (χ3n) is 4.03. The molecule has 146 valence electrons. The zero-order valence-corrected chi connectivity index (χ0v) is 16.2. The lowest BCUT2D eigenvalue weighted by atomic mass is 10.3. The van der Waals surface area contributed by atoms with Gasteiger partial charge in [0.05, 0.1) is 5.69 Å². The monoisotopic (exact) mass is 380 g/mol. The third-order valence-corrected chi connectivity index (χ3v) is 4.03. The minimum atomic E-state index is -0.570. The third kappa shape index (κ3) is 5.06. The standard InChI is InChI=1S/C20H24N6O2/c1-14-11-15(2)26(25-14)19-12-18(23-13-24-19)21-9-10-22-20(27)16(3)28-17-7-5-4-6-8-17/h4-8,11-13,16H,9-10H2,1-3H3,(H,22,27)(H,21,23,24)/t16-/m1/s1. The molecule has 0 spiro atoms. The second-order valence-electron chi connectivity index (χ2n) is 6.39. The number of aromatic nitrogens is 4. The fourth-order valence-corrected chi connectivity index (χ4v) is 2.70. The number of hydrogen-bond donors (Lipinski definition) is 2. The largest absolute Gasteiger partial charge is 0.481 e. The molecule has 2 N–H and O–H groups in total. The Hall–Kier alpha value is -3.42. The number of amides is 1. The van der Waals surface area contributed by atoms with Crippen LogP contribution in [0.25, 0.3) is 5.82 Å². The van der Waals surface area contributed by atoms with Gasteiger partial charge >= 0.3 is 0 Å². The van der Waals surface area contributed by atoms with Crippen LogP contribution in [-0.2, 0) is 4.79 Å². The van der Waals surface area contributed by atoms with Crippen molar-refractivity contribution in [2.75, 3.05) is 18.4 Å². The van der Waals surface area contributed by atoms with E-state index in [0.29, 0.717) is 30.5 Å². The van der Waals surface area contributed by atoms with E-state index in [0.717, 1.165) is 11.4 Å². The van der Waals surface area contributed by atoms with E-state index in [-0.39, 0.29) is 5.91 Å². The maximum atomic E-state index is 12.1. The van der Waals surface area contributed by atoms with Gasteiger partial charge in [-0.25, -0.2) is 14.6 Å². The van der Waals surface area contributed by atoms with Crippen LogP contribution in [0.1, 0.15) is 18.3 Å². The summed E-state index contributed by atoms with van der Waals surface area (Å²) in [7, 11) is 0. The summed E-state index contributed by atoms with van der Waals surface area (Å²) in [6, 6.07) is 13.1. The SMILES string of the molecule is Cc1cc(C)n(-c2cc(NCCNC(=O)[C@@H](C)Oc3ccccc3)ncn2)n1. The molecule has 0 fully saturated rings. The quantitative estimate of drug-likeness (QED) is 0.582. The minimum Gasteiger partial charge on any atom is -0.481 e. The minimum absolute atomic E-state index is 0.170. The molecular weight excluding hydrogens is 356 g/mol. The predicted molar refractivity (Wildman–Crippen MR) is 107 cm³/mol. The van der Waals surface area contributed by atoms with Crippen molar-refractivity contribution < 1.29 is 9.53 Å². The van der Waals surface area contributed by atoms with Crippen LogP contribution in [0, 0.1) is 13.8 Å². The molecule has 3 aromatic rings. The predicted octanol–water partition coefficient (Wildman–Crippen LogP) is 2.27. The summed E-state index contributed by atoms with van der Waals surface area (Å²) in [5.74, 6) is 1.86. The van der Waals surface area contributed by atoms with E-state index in [1.807, 2.05) is 56.3 Å². The van der Waals surface area contributed by atoms with Crippen molar-refractivity contribution >= 4 is 11.7 Å². The number of carbonyl (C=O) groups is 1. The molecular formula is C20H24N6O2. The van der Waals surface area contributed by atoms with Gasteiger partial charge in [-0.15, -0.1) is 0 Å². The first kappa shape index (κ1) is 19.3. The van der Waals surface area contributed by atoms with E-state index in [2.05, 4.69) is 25.7 Å². The van der Waals surface area contributed by atoms with Crippen molar-refractivity contribution in [1.82, 2.24) is 25.1 Å². The molecule has 1 atom stereocenters. The zero-order chi connectivity index (χ0) is 19.9. The Balaban J connectivity index is 1.47. The number of aryl methyl sites for hydroxylation is 2. The van der Waals surface area contributed by atoms with Crippen LogP contribution < -0.4 is 15.4 Å². The van der Waals surface area contributed by atoms with Gasteiger partial charge in [-0.05, 0) is 39.0 Å². The van der Waals surface area contributed by atoms with Crippen LogP contribution in [0.3, 0.4) is 0 Å². The van der Waals surface area contributed by atoms with Crippen molar-refractivity contribution in [3.63, 3.8) is 0 Å². The van der Waals surface area contributed by atoms with E-state index in [9.17, 15) is 4.79 Å². The van der Waals surface area contributed by atoms with Crippen LogP contribution in [0.2, 0.25) is 0 Å². The van der Waals surface area contributed by atoms with Crippen LogP contribution in [0.15, 0.2) is 48.8 Å². The van der Waals surface area contributed by atoms with E-state index in [1.165, 1.54) is 6.33 Å². The number of anilines is 1. The average Bonchev–Trinajstić information content (AvgIpc) is 3.04. The van der Waals surface area contributed by atoms with Gasteiger partial charge in [0, 0.05) is 24.8 Å². The first-order valence-electron chi connectivity index (χ1n) is 9.12. The second-order valence-corrected chi connectivity index (χ2v) is 6.39. The van der Waals surface area contributed by atoms with Gasteiger partial charge in [-0.2, -0.15) is 5.10 Å². The molecule has 3 rings (SSSR count). The van der Waals surface area contributed by atoms with Crippen molar-refractivity contribution in [3.05, 3.63) is 60.2 Å². The zero-order valence-electron chi connectivity index (χ0n) is 16.2. The van der Waals surface area contributed by atoms with Crippen LogP contribution >= 0.6 is 0 Å². The van der Waals surface area contributed by atoms with Gasteiger partial charge in [-0.1, -0.05) is 18.2 Å². The van der Waals surface area contributed by atoms with Gasteiger partial charge in [0.2, 0.25) is 0 Å². The molecule has 1 aromatic carbocycles. The Morgan fingerprint density at radius 3 is 2.64 bits per heavy atom. The van der Waals surface area contributed by atoms with Crippen molar-refractivity contribution in [2.24, 2.45) is 0 Å². The molecule has 8 nitrogen and oxygen atoms in total. The number of nitrogens with zero attached hydrogens (tertiary/aromatic N) is 4. The number of ether oxygens (including phenoxy) is 1. The van der Waals surface area contributed by atoms with Crippen molar-refractivity contribution in [2.45, 2.75) is 26.9 Å². The average molecular weight is 380 g/mol. The second kappa shape index (κ2) is 8.98. The molecule has 28 heavy (non-hydrogen) atoms. The summed E-state index contributed by atoms with van der Waals surface area (Å²) in [6.07, 6.45) is 0.918. The highest BCUT2D eigenvalue weighted by Crippen LogP contribution is 2.12. The summed E-state index contributed by atoms with van der Waals surface area (Å²) in [5.41, 5.74) is 1.93. The van der Waals surface area contributed by atoms with Gasteiger partial charge in [0.15, 0.2) is 11.9 Å². The lowest BCUT2D eigenvalue weighted by molar-refractivity contribution is -0.127. The first-order valence-corrected chi connectivity index (χ1v) is 9.12. The maximum Gasteiger partial charge on any atom is 0.260 e. The number of benzene rings is 1. The molecule has 0 saturated carbocycles. The Morgan fingerprint density at radius 1 is 1.14 bits per heavy atom. The van der Waals surface area contributed by atoms with E-state index < -0.39 is 6.10 Å². The summed E-state index contributed by atoms with van der Waals surface area (Å²) >= 11 is 0. The van der Waals surface area contributed by atoms with Gasteiger partial charge in [-0.3, -0.25) is 4.79 Å². The molecule has 0 bridgehead atoms. The van der Waals surface area contributed by atoms with E-state index in [4.69, 9.17) is 4.74 Å². The van der Waals surface area contributed by atoms with Crippen LogP contribution in [-0.4, -0.2) is 44.8 Å². The molecule has 8 heteroatoms. The highest BCUT2D eigenvalue weighted by molar-refractivity contribution is 5.80. The summed E-state index contributed by atoms with van der Waals surface area (Å²) in [5, 5.41) is 10.4. The van der Waals surface area contributed by atoms with Gasteiger partial charge in [0.25, 0.3) is 5.91 Å². The number of rotatable bonds is 8. The molecule has 2 heterocycles. The molecule has 0 aliphatic carbocycles. The maximum absolute atomic E-state index is 12.1. The summed E-state index contributed by atoms with van der Waals surface area (Å²) < 4.78 is 7.38. The molecule has 2 aromatic heterocycles. The Labute approximate surface area is 164 Å². The topological polar surface area (TPSA) is 94.0 Å². The van der Waals surface area contributed by atoms with E-state index >= 15 is 0 Å². The number of para-hydroxylation sites is 1. The smallest absolute Gasteiger partial charge is 0.260 e. The fraction of sp³-hybridized carbons (Fsp3) is 0.300. The van der Waals surface area contributed by atoms with Crippen LogP contribution in [0.4, 0.5) is 5.82 Å². The molecule has 0 radical (unpaired) electrons. The van der Waals surface area contributed by atoms with Crippen molar-refractivity contribution in [1.29, 1.82) is 0 Å². The molecule has 0 unspecified atom stereocenters. The Bertz CT molecular complexity index is 925. The Kier molecular flexibility index (Phi) is 6.21.